The van der Waals surface area contributed by atoms with E-state index < -0.39 is 0 Å². The fourth-order valence-electron chi connectivity index (χ4n) is 2.37. The number of hydrogen-bond donors (Lipinski definition) is 1. The van der Waals surface area contributed by atoms with E-state index in [0.717, 1.165) is 50.5 Å². The molecule has 1 N–H and O–H groups in total. The molecule has 0 bridgehead atoms. The van der Waals surface area contributed by atoms with Crippen LogP contribution in [0.3, 0.4) is 0 Å². The molecule has 0 spiro atoms. The third-order valence-corrected chi connectivity index (χ3v) is 3.32. The molecule has 0 saturated carbocycles. The zero-order valence-electron chi connectivity index (χ0n) is 12.5. The van der Waals surface area contributed by atoms with Crippen LogP contribution in [0.2, 0.25) is 0 Å². The summed E-state index contributed by atoms with van der Waals surface area (Å²) in [5, 5.41) is 3.50. The minimum absolute atomic E-state index is 0.130. The van der Waals surface area contributed by atoms with E-state index in [9.17, 15) is 0 Å². The van der Waals surface area contributed by atoms with Crippen molar-refractivity contribution in [1.29, 1.82) is 0 Å². The Labute approximate surface area is 122 Å². The topological polar surface area (TPSA) is 30.5 Å². The van der Waals surface area contributed by atoms with Crippen LogP contribution < -0.4 is 10.1 Å². The predicted octanol–water partition coefficient (Wildman–Crippen LogP) is 3.82. The molecule has 3 heteroatoms. The molecule has 0 saturated heterocycles. The molecule has 0 amide bonds. The highest BCUT2D eigenvalue weighted by molar-refractivity contribution is 5.34. The van der Waals surface area contributed by atoms with Gasteiger partial charge in [-0.25, -0.2) is 0 Å². The molecule has 0 fully saturated rings. The number of rotatable bonds is 7. The molecule has 2 rings (SSSR count). The van der Waals surface area contributed by atoms with Crippen molar-refractivity contribution in [2.24, 2.45) is 0 Å². The minimum Gasteiger partial charge on any atom is -0.496 e. The summed E-state index contributed by atoms with van der Waals surface area (Å²) in [7, 11) is 0. The Hall–Kier alpha value is -1.48. The first-order valence-electron chi connectivity index (χ1n) is 7.64. The van der Waals surface area contributed by atoms with Gasteiger partial charge >= 0.3 is 0 Å². The molecule has 0 aliphatic carbocycles. The van der Waals surface area contributed by atoms with Crippen LogP contribution in [0.25, 0.3) is 0 Å². The van der Waals surface area contributed by atoms with Crippen molar-refractivity contribution in [2.75, 3.05) is 19.8 Å². The SMILES string of the molecule is CCCOc1cccc(C(NCC)C2=CCCCO2)c1. The second kappa shape index (κ2) is 7.95. The highest BCUT2D eigenvalue weighted by Gasteiger charge is 2.19. The molecular formula is C17H25NO2. The molecule has 0 aromatic heterocycles. The lowest BCUT2D eigenvalue weighted by molar-refractivity contribution is 0.168. The summed E-state index contributed by atoms with van der Waals surface area (Å²) in [6.45, 7) is 6.72. The van der Waals surface area contributed by atoms with Crippen molar-refractivity contribution in [2.45, 2.75) is 39.2 Å². The highest BCUT2D eigenvalue weighted by Crippen LogP contribution is 2.28. The maximum absolute atomic E-state index is 5.83. The van der Waals surface area contributed by atoms with Crippen LogP contribution in [0.15, 0.2) is 36.1 Å². The monoisotopic (exact) mass is 275 g/mol. The third-order valence-electron chi connectivity index (χ3n) is 3.32. The van der Waals surface area contributed by atoms with Crippen LogP contribution in [0.1, 0.15) is 44.7 Å². The number of hydrogen-bond acceptors (Lipinski definition) is 3. The minimum atomic E-state index is 0.130. The normalized spacial score (nSPS) is 16.2. The lowest BCUT2D eigenvalue weighted by Crippen LogP contribution is -2.25. The van der Waals surface area contributed by atoms with Gasteiger partial charge in [-0.3, -0.25) is 0 Å². The molecule has 1 aromatic carbocycles. The number of nitrogens with one attached hydrogen (secondary N) is 1. The van der Waals surface area contributed by atoms with Crippen molar-refractivity contribution in [1.82, 2.24) is 5.32 Å². The second-order valence-electron chi connectivity index (χ2n) is 5.01. The third kappa shape index (κ3) is 4.01. The summed E-state index contributed by atoms with van der Waals surface area (Å²) in [6.07, 6.45) is 5.44. The van der Waals surface area contributed by atoms with Gasteiger partial charge in [0, 0.05) is 0 Å². The number of allylic oxidation sites excluding steroid dienone is 1. The number of benzene rings is 1. The summed E-state index contributed by atoms with van der Waals surface area (Å²) < 4.78 is 11.5. The van der Waals surface area contributed by atoms with Crippen molar-refractivity contribution < 1.29 is 9.47 Å². The quantitative estimate of drug-likeness (QED) is 0.820. The van der Waals surface area contributed by atoms with Gasteiger partial charge in [-0.15, -0.1) is 0 Å². The summed E-state index contributed by atoms with van der Waals surface area (Å²) in [6, 6.07) is 8.43. The van der Waals surface area contributed by atoms with E-state index in [1.54, 1.807) is 0 Å². The zero-order valence-corrected chi connectivity index (χ0v) is 12.5. The van der Waals surface area contributed by atoms with Gasteiger partial charge in [0.2, 0.25) is 0 Å². The molecule has 1 unspecified atom stereocenters. The van der Waals surface area contributed by atoms with Crippen LogP contribution in [-0.2, 0) is 4.74 Å². The van der Waals surface area contributed by atoms with Gasteiger partial charge in [0.1, 0.15) is 11.5 Å². The van der Waals surface area contributed by atoms with E-state index in [0.29, 0.717) is 0 Å². The van der Waals surface area contributed by atoms with Gasteiger partial charge in [0.25, 0.3) is 0 Å². The Morgan fingerprint density at radius 2 is 2.25 bits per heavy atom. The fraction of sp³-hybridized carbons (Fsp3) is 0.529. The van der Waals surface area contributed by atoms with Crippen LogP contribution >= 0.6 is 0 Å². The Balaban J connectivity index is 2.17. The summed E-state index contributed by atoms with van der Waals surface area (Å²) in [5.41, 5.74) is 1.20. The molecule has 1 aliphatic heterocycles. The highest BCUT2D eigenvalue weighted by atomic mass is 16.5. The van der Waals surface area contributed by atoms with Gasteiger partial charge in [-0.05, 0) is 49.6 Å². The first-order chi connectivity index (χ1) is 9.85. The first kappa shape index (κ1) is 14.9. The maximum Gasteiger partial charge on any atom is 0.119 e. The van der Waals surface area contributed by atoms with Crippen molar-refractivity contribution >= 4 is 0 Å². The van der Waals surface area contributed by atoms with E-state index >= 15 is 0 Å². The Bertz CT molecular complexity index is 442. The molecule has 110 valence electrons. The molecule has 1 heterocycles. The Morgan fingerprint density at radius 1 is 1.35 bits per heavy atom. The van der Waals surface area contributed by atoms with E-state index in [1.807, 2.05) is 12.1 Å². The van der Waals surface area contributed by atoms with Crippen LogP contribution in [0, 0.1) is 0 Å². The average Bonchev–Trinajstić information content (AvgIpc) is 2.52. The molecule has 20 heavy (non-hydrogen) atoms. The van der Waals surface area contributed by atoms with E-state index in [4.69, 9.17) is 9.47 Å². The zero-order chi connectivity index (χ0) is 14.2. The Morgan fingerprint density at radius 3 is 2.95 bits per heavy atom. The fourth-order valence-corrected chi connectivity index (χ4v) is 2.37. The summed E-state index contributed by atoms with van der Waals surface area (Å²) >= 11 is 0. The lowest BCUT2D eigenvalue weighted by atomic mass is 10.0. The molecule has 1 aliphatic rings. The van der Waals surface area contributed by atoms with Crippen LogP contribution in [0.5, 0.6) is 5.75 Å². The summed E-state index contributed by atoms with van der Waals surface area (Å²) in [4.78, 5) is 0. The number of ether oxygens (including phenoxy) is 2. The molecule has 3 nitrogen and oxygen atoms in total. The van der Waals surface area contributed by atoms with Crippen LogP contribution in [-0.4, -0.2) is 19.8 Å². The van der Waals surface area contributed by atoms with Gasteiger partial charge in [-0.1, -0.05) is 26.0 Å². The lowest BCUT2D eigenvalue weighted by Gasteiger charge is -2.25. The molecule has 0 radical (unpaired) electrons. The largest absolute Gasteiger partial charge is 0.496 e. The predicted molar refractivity (Wildman–Crippen MR) is 81.9 cm³/mol. The first-order valence-corrected chi connectivity index (χ1v) is 7.64. The van der Waals surface area contributed by atoms with Gasteiger partial charge in [-0.2, -0.15) is 0 Å². The maximum atomic E-state index is 5.83. The van der Waals surface area contributed by atoms with Crippen molar-refractivity contribution in [3.63, 3.8) is 0 Å². The Kier molecular flexibility index (Phi) is 5.93. The van der Waals surface area contributed by atoms with Crippen molar-refractivity contribution in [3.05, 3.63) is 41.7 Å². The van der Waals surface area contributed by atoms with Gasteiger partial charge < -0.3 is 14.8 Å². The second-order valence-corrected chi connectivity index (χ2v) is 5.01. The molecule has 1 aromatic rings. The van der Waals surface area contributed by atoms with Crippen molar-refractivity contribution in [3.8, 4) is 5.75 Å². The molecule has 1 atom stereocenters. The summed E-state index contributed by atoms with van der Waals surface area (Å²) in [5.74, 6) is 1.98. The van der Waals surface area contributed by atoms with Gasteiger partial charge in [0.05, 0.1) is 19.3 Å². The van der Waals surface area contributed by atoms with E-state index in [2.05, 4.69) is 37.4 Å². The van der Waals surface area contributed by atoms with Gasteiger partial charge in [0.15, 0.2) is 0 Å². The molecular weight excluding hydrogens is 250 g/mol. The standard InChI is InChI=1S/C17H25NO2/c1-3-11-19-15-9-7-8-14(13-15)17(18-4-2)16-10-5-6-12-20-16/h7-10,13,17-18H,3-6,11-12H2,1-2H3. The smallest absolute Gasteiger partial charge is 0.119 e. The van der Waals surface area contributed by atoms with Crippen LogP contribution in [0.4, 0.5) is 0 Å². The average molecular weight is 275 g/mol. The number of likely N-dealkylation sites (N-methyl/N-ethyl adjacent to an activating group) is 1. The van der Waals surface area contributed by atoms with E-state index in [1.165, 1.54) is 5.56 Å². The van der Waals surface area contributed by atoms with E-state index in [-0.39, 0.29) is 6.04 Å².